The molecule has 21 heavy (non-hydrogen) atoms. The van der Waals surface area contributed by atoms with Gasteiger partial charge in [-0.15, -0.1) is 0 Å². The summed E-state index contributed by atoms with van der Waals surface area (Å²) in [4.78, 5) is 12.1. The lowest BCUT2D eigenvalue weighted by atomic mass is 10.2. The number of carbonyl (C=O) groups excluding carboxylic acids is 1. The summed E-state index contributed by atoms with van der Waals surface area (Å²) in [5.74, 6) is 0. The molecule has 110 valence electrons. The van der Waals surface area contributed by atoms with Crippen LogP contribution in [0, 0.1) is 0 Å². The van der Waals surface area contributed by atoms with Crippen LogP contribution in [0.25, 0.3) is 0 Å². The molecule has 1 amide bonds. The first-order chi connectivity index (χ1) is 10.2. The fraction of sp³-hybridized carbons (Fsp3) is 0.188. The molecule has 2 aromatic rings. The van der Waals surface area contributed by atoms with E-state index in [1.165, 1.54) is 5.01 Å². The standard InChI is InChI=1S/C16H19N3O2/c1-2-21-16(20)19(15-10-6-9-14(17)11-15)18-12-13-7-4-3-5-8-13/h3-11,18H,2,12,17H2,1H3. The van der Waals surface area contributed by atoms with E-state index in [0.717, 1.165) is 5.56 Å². The Morgan fingerprint density at radius 1 is 1.19 bits per heavy atom. The van der Waals surface area contributed by atoms with Crippen molar-refractivity contribution in [2.24, 2.45) is 0 Å². The van der Waals surface area contributed by atoms with Crippen molar-refractivity contribution in [3.63, 3.8) is 0 Å². The van der Waals surface area contributed by atoms with Crippen LogP contribution in [0.5, 0.6) is 0 Å². The van der Waals surface area contributed by atoms with E-state index in [4.69, 9.17) is 10.5 Å². The van der Waals surface area contributed by atoms with E-state index >= 15 is 0 Å². The van der Waals surface area contributed by atoms with Gasteiger partial charge in [0, 0.05) is 12.2 Å². The lowest BCUT2D eigenvalue weighted by Crippen LogP contribution is -2.43. The first kappa shape index (κ1) is 14.9. The maximum absolute atomic E-state index is 12.1. The molecule has 0 heterocycles. The average molecular weight is 285 g/mol. The molecule has 5 heteroatoms. The highest BCUT2D eigenvalue weighted by Crippen LogP contribution is 2.17. The molecule has 0 spiro atoms. The van der Waals surface area contributed by atoms with Crippen molar-refractivity contribution >= 4 is 17.5 Å². The second kappa shape index (κ2) is 7.31. The van der Waals surface area contributed by atoms with Crippen molar-refractivity contribution in [1.82, 2.24) is 5.43 Å². The maximum Gasteiger partial charge on any atom is 0.429 e. The fourth-order valence-corrected chi connectivity index (χ4v) is 1.88. The summed E-state index contributed by atoms with van der Waals surface area (Å²) in [5, 5.41) is 1.37. The van der Waals surface area contributed by atoms with Crippen molar-refractivity contribution in [1.29, 1.82) is 0 Å². The van der Waals surface area contributed by atoms with E-state index in [2.05, 4.69) is 5.43 Å². The minimum Gasteiger partial charge on any atom is -0.449 e. The van der Waals surface area contributed by atoms with Gasteiger partial charge < -0.3 is 10.5 Å². The molecular formula is C16H19N3O2. The number of amides is 1. The number of nitrogens with two attached hydrogens (primary N) is 1. The number of hydrogen-bond donors (Lipinski definition) is 2. The van der Waals surface area contributed by atoms with Crippen LogP contribution in [0.15, 0.2) is 54.6 Å². The summed E-state index contributed by atoms with van der Waals surface area (Å²) in [6.07, 6.45) is -0.459. The summed E-state index contributed by atoms with van der Waals surface area (Å²) in [6, 6.07) is 16.9. The quantitative estimate of drug-likeness (QED) is 0.654. The maximum atomic E-state index is 12.1. The molecule has 0 aliphatic rings. The molecule has 0 saturated heterocycles. The van der Waals surface area contributed by atoms with Gasteiger partial charge in [-0.25, -0.2) is 15.2 Å². The van der Waals surface area contributed by atoms with Crippen LogP contribution in [0.3, 0.4) is 0 Å². The Morgan fingerprint density at radius 2 is 1.95 bits per heavy atom. The average Bonchev–Trinajstić information content (AvgIpc) is 2.49. The second-order valence-electron chi connectivity index (χ2n) is 4.45. The molecule has 0 aliphatic heterocycles. The van der Waals surface area contributed by atoms with Gasteiger partial charge in [0.05, 0.1) is 12.3 Å². The van der Waals surface area contributed by atoms with Crippen LogP contribution in [0.2, 0.25) is 0 Å². The number of benzene rings is 2. The molecule has 0 aromatic heterocycles. The molecule has 5 nitrogen and oxygen atoms in total. The van der Waals surface area contributed by atoms with Crippen LogP contribution >= 0.6 is 0 Å². The van der Waals surface area contributed by atoms with Crippen molar-refractivity contribution in [3.05, 3.63) is 60.2 Å². The summed E-state index contributed by atoms with van der Waals surface area (Å²) < 4.78 is 5.07. The van der Waals surface area contributed by atoms with E-state index in [1.54, 1.807) is 31.2 Å². The van der Waals surface area contributed by atoms with Gasteiger partial charge >= 0.3 is 6.09 Å². The Bertz CT molecular complexity index is 587. The number of hydrogen-bond acceptors (Lipinski definition) is 4. The molecule has 0 unspecified atom stereocenters. The SMILES string of the molecule is CCOC(=O)N(NCc1ccccc1)c1cccc(N)c1. The molecule has 0 radical (unpaired) electrons. The zero-order chi connectivity index (χ0) is 15.1. The van der Waals surface area contributed by atoms with Crippen LogP contribution in [0.1, 0.15) is 12.5 Å². The number of nitrogen functional groups attached to an aromatic ring is 1. The zero-order valence-corrected chi connectivity index (χ0v) is 12.0. The highest BCUT2D eigenvalue weighted by molar-refractivity contribution is 5.87. The normalized spacial score (nSPS) is 10.1. The monoisotopic (exact) mass is 285 g/mol. The number of carbonyl (C=O) groups is 1. The first-order valence-electron chi connectivity index (χ1n) is 6.80. The Labute approximate surface area is 124 Å². The smallest absolute Gasteiger partial charge is 0.429 e. The molecular weight excluding hydrogens is 266 g/mol. The summed E-state index contributed by atoms with van der Waals surface area (Å²) in [7, 11) is 0. The van der Waals surface area contributed by atoms with E-state index in [9.17, 15) is 4.79 Å². The van der Waals surface area contributed by atoms with Crippen LogP contribution < -0.4 is 16.2 Å². The number of anilines is 2. The molecule has 0 bridgehead atoms. The lowest BCUT2D eigenvalue weighted by molar-refractivity contribution is 0.156. The van der Waals surface area contributed by atoms with E-state index in [0.29, 0.717) is 24.5 Å². The van der Waals surface area contributed by atoms with Crippen molar-refractivity contribution < 1.29 is 9.53 Å². The van der Waals surface area contributed by atoms with Crippen molar-refractivity contribution in [3.8, 4) is 0 Å². The largest absolute Gasteiger partial charge is 0.449 e. The Morgan fingerprint density at radius 3 is 2.62 bits per heavy atom. The predicted octanol–water partition coefficient (Wildman–Crippen LogP) is 2.94. The first-order valence-corrected chi connectivity index (χ1v) is 6.80. The van der Waals surface area contributed by atoms with Gasteiger partial charge in [-0.2, -0.15) is 0 Å². The zero-order valence-electron chi connectivity index (χ0n) is 12.0. The van der Waals surface area contributed by atoms with E-state index in [-0.39, 0.29) is 0 Å². The number of ether oxygens (including phenoxy) is 1. The van der Waals surface area contributed by atoms with Gasteiger partial charge in [-0.1, -0.05) is 36.4 Å². The Kier molecular flexibility index (Phi) is 5.17. The summed E-state index contributed by atoms with van der Waals surface area (Å²) >= 11 is 0. The second-order valence-corrected chi connectivity index (χ2v) is 4.45. The van der Waals surface area contributed by atoms with Crippen LogP contribution in [0.4, 0.5) is 16.2 Å². The number of rotatable bonds is 5. The third kappa shape index (κ3) is 4.22. The van der Waals surface area contributed by atoms with Crippen molar-refractivity contribution in [2.75, 3.05) is 17.3 Å². The summed E-state index contributed by atoms with van der Waals surface area (Å²) in [5.41, 5.74) is 11.1. The van der Waals surface area contributed by atoms with Gasteiger partial charge in [0.2, 0.25) is 0 Å². The van der Waals surface area contributed by atoms with Crippen LogP contribution in [-0.2, 0) is 11.3 Å². The highest BCUT2D eigenvalue weighted by atomic mass is 16.6. The Balaban J connectivity index is 2.14. The van der Waals surface area contributed by atoms with E-state index < -0.39 is 6.09 Å². The number of nitrogens with zero attached hydrogens (tertiary/aromatic N) is 1. The minimum atomic E-state index is -0.459. The summed E-state index contributed by atoms with van der Waals surface area (Å²) in [6.45, 7) is 2.59. The van der Waals surface area contributed by atoms with Gasteiger partial charge in [0.15, 0.2) is 0 Å². The molecule has 0 saturated carbocycles. The van der Waals surface area contributed by atoms with Gasteiger partial charge in [-0.05, 0) is 30.7 Å². The molecule has 0 aliphatic carbocycles. The molecule has 2 aromatic carbocycles. The molecule has 0 atom stereocenters. The molecule has 3 N–H and O–H groups in total. The number of hydrazine groups is 1. The number of nitrogens with one attached hydrogen (secondary N) is 1. The fourth-order valence-electron chi connectivity index (χ4n) is 1.88. The predicted molar refractivity (Wildman–Crippen MR) is 83.6 cm³/mol. The highest BCUT2D eigenvalue weighted by Gasteiger charge is 2.16. The van der Waals surface area contributed by atoms with Gasteiger partial charge in [0.25, 0.3) is 0 Å². The lowest BCUT2D eigenvalue weighted by Gasteiger charge is -2.23. The van der Waals surface area contributed by atoms with Crippen molar-refractivity contribution in [2.45, 2.75) is 13.5 Å². The molecule has 0 fully saturated rings. The third-order valence-electron chi connectivity index (χ3n) is 2.86. The third-order valence-corrected chi connectivity index (χ3v) is 2.86. The topological polar surface area (TPSA) is 67.6 Å². The van der Waals surface area contributed by atoms with Crippen LogP contribution in [-0.4, -0.2) is 12.7 Å². The Hall–Kier alpha value is -2.53. The van der Waals surface area contributed by atoms with E-state index in [1.807, 2.05) is 30.3 Å². The minimum absolute atomic E-state index is 0.310. The van der Waals surface area contributed by atoms with Gasteiger partial charge in [-0.3, -0.25) is 0 Å². The molecule has 2 rings (SSSR count). The van der Waals surface area contributed by atoms with Gasteiger partial charge in [0.1, 0.15) is 0 Å².